The highest BCUT2D eigenvalue weighted by molar-refractivity contribution is 5.76. The van der Waals surface area contributed by atoms with Crippen molar-refractivity contribution in [1.82, 2.24) is 5.32 Å². The van der Waals surface area contributed by atoms with E-state index in [4.69, 9.17) is 4.74 Å². The highest BCUT2D eigenvalue weighted by atomic mass is 16.5. The lowest BCUT2D eigenvalue weighted by atomic mass is 10.1. The Balaban J connectivity index is 2.61. The van der Waals surface area contributed by atoms with Gasteiger partial charge in [-0.05, 0) is 24.1 Å². The molecule has 6 heteroatoms. The van der Waals surface area contributed by atoms with Crippen LogP contribution in [0.2, 0.25) is 0 Å². The molecule has 0 aliphatic heterocycles. The van der Waals surface area contributed by atoms with Crippen LogP contribution in [0.4, 0.5) is 0 Å². The summed E-state index contributed by atoms with van der Waals surface area (Å²) < 4.78 is 9.40. The van der Waals surface area contributed by atoms with E-state index in [2.05, 4.69) is 10.1 Å². The number of carbonyl (C=O) groups is 2. The van der Waals surface area contributed by atoms with Gasteiger partial charge < -0.3 is 14.6 Å². The van der Waals surface area contributed by atoms with Gasteiger partial charge in [-0.1, -0.05) is 12.1 Å². The van der Waals surface area contributed by atoms with Gasteiger partial charge in [0, 0.05) is 6.92 Å². The van der Waals surface area contributed by atoms with E-state index in [9.17, 15) is 14.7 Å². The zero-order valence-electron chi connectivity index (χ0n) is 10.9. The molecule has 0 radical (unpaired) electrons. The Kier molecular flexibility index (Phi) is 5.81. The second-order valence-electron chi connectivity index (χ2n) is 3.93. The molecule has 104 valence electrons. The van der Waals surface area contributed by atoms with Gasteiger partial charge in [-0.15, -0.1) is 0 Å². The van der Waals surface area contributed by atoms with Crippen molar-refractivity contribution in [3.8, 4) is 5.75 Å². The number of hydrogen-bond acceptors (Lipinski definition) is 6. The number of phenolic OH excluding ortho intramolecular Hbond substituents is 1. The topological polar surface area (TPSA) is 84.9 Å². The second-order valence-corrected chi connectivity index (χ2v) is 3.93. The van der Waals surface area contributed by atoms with Crippen LogP contribution < -0.4 is 5.32 Å². The third-order valence-electron chi connectivity index (χ3n) is 2.47. The Labute approximate surface area is 111 Å². The third-order valence-corrected chi connectivity index (χ3v) is 2.47. The van der Waals surface area contributed by atoms with E-state index in [1.807, 2.05) is 0 Å². The fraction of sp³-hybridized carbons (Fsp3) is 0.385. The molecule has 0 aromatic heterocycles. The number of phenols is 1. The zero-order valence-corrected chi connectivity index (χ0v) is 10.9. The van der Waals surface area contributed by atoms with Crippen LogP contribution in [0.1, 0.15) is 12.5 Å². The summed E-state index contributed by atoms with van der Waals surface area (Å²) in [6.45, 7) is 1.22. The lowest BCUT2D eigenvalue weighted by Crippen LogP contribution is -2.41. The molecule has 0 saturated heterocycles. The van der Waals surface area contributed by atoms with E-state index in [0.717, 1.165) is 5.56 Å². The first-order chi connectivity index (χ1) is 9.02. The highest BCUT2D eigenvalue weighted by Crippen LogP contribution is 2.11. The van der Waals surface area contributed by atoms with Crippen LogP contribution in [0, 0.1) is 0 Å². The molecule has 0 aliphatic rings. The SMILES string of the molecule is COC(=O)[C@H](Cc1ccc(O)cc1)NCOC(C)=O. The van der Waals surface area contributed by atoms with Crippen molar-refractivity contribution < 1.29 is 24.2 Å². The van der Waals surface area contributed by atoms with Crippen molar-refractivity contribution in [3.63, 3.8) is 0 Å². The summed E-state index contributed by atoms with van der Waals surface area (Å²) in [4.78, 5) is 22.2. The van der Waals surface area contributed by atoms with Gasteiger partial charge in [0.25, 0.3) is 0 Å². The van der Waals surface area contributed by atoms with Crippen LogP contribution in [0.5, 0.6) is 5.75 Å². The molecule has 2 N–H and O–H groups in total. The van der Waals surface area contributed by atoms with Gasteiger partial charge in [-0.2, -0.15) is 0 Å². The molecule has 6 nitrogen and oxygen atoms in total. The predicted molar refractivity (Wildman–Crippen MR) is 67.4 cm³/mol. The Morgan fingerprint density at radius 1 is 1.32 bits per heavy atom. The lowest BCUT2D eigenvalue weighted by Gasteiger charge is -2.16. The predicted octanol–water partition coefficient (Wildman–Crippen LogP) is 0.586. The van der Waals surface area contributed by atoms with Gasteiger partial charge in [0.2, 0.25) is 0 Å². The number of aromatic hydroxyl groups is 1. The quantitative estimate of drug-likeness (QED) is 0.579. The molecule has 1 rings (SSSR count). The van der Waals surface area contributed by atoms with Crippen LogP contribution in [-0.2, 0) is 25.5 Å². The Bertz CT molecular complexity index is 429. The van der Waals surface area contributed by atoms with Gasteiger partial charge in [-0.3, -0.25) is 14.9 Å². The van der Waals surface area contributed by atoms with Crippen molar-refractivity contribution in [3.05, 3.63) is 29.8 Å². The summed E-state index contributed by atoms with van der Waals surface area (Å²) in [6.07, 6.45) is 0.369. The van der Waals surface area contributed by atoms with Crippen molar-refractivity contribution in [1.29, 1.82) is 0 Å². The zero-order chi connectivity index (χ0) is 14.3. The van der Waals surface area contributed by atoms with E-state index in [1.165, 1.54) is 26.2 Å². The number of methoxy groups -OCH3 is 1. The van der Waals surface area contributed by atoms with Gasteiger partial charge in [0.1, 0.15) is 18.5 Å². The molecule has 0 fully saturated rings. The summed E-state index contributed by atoms with van der Waals surface area (Å²) in [5.74, 6) is -0.716. The van der Waals surface area contributed by atoms with Gasteiger partial charge in [0.15, 0.2) is 0 Å². The van der Waals surface area contributed by atoms with Gasteiger partial charge in [-0.25, -0.2) is 0 Å². The van der Waals surface area contributed by atoms with Crippen LogP contribution in [0.3, 0.4) is 0 Å². The number of benzene rings is 1. The maximum Gasteiger partial charge on any atom is 0.323 e. The molecular formula is C13H17NO5. The minimum absolute atomic E-state index is 0.0623. The number of esters is 2. The number of ether oxygens (including phenoxy) is 2. The largest absolute Gasteiger partial charge is 0.508 e. The Morgan fingerprint density at radius 2 is 1.95 bits per heavy atom. The van der Waals surface area contributed by atoms with E-state index in [1.54, 1.807) is 12.1 Å². The van der Waals surface area contributed by atoms with Crippen molar-refractivity contribution in [2.45, 2.75) is 19.4 Å². The monoisotopic (exact) mass is 267 g/mol. The van der Waals surface area contributed by atoms with Gasteiger partial charge in [0.05, 0.1) is 7.11 Å². The number of hydrogen-bond donors (Lipinski definition) is 2. The molecular weight excluding hydrogens is 250 g/mol. The molecule has 0 amide bonds. The Hall–Kier alpha value is -2.08. The van der Waals surface area contributed by atoms with Crippen molar-refractivity contribution >= 4 is 11.9 Å². The molecule has 0 spiro atoms. The normalized spacial score (nSPS) is 11.7. The molecule has 0 heterocycles. The fourth-order valence-electron chi connectivity index (χ4n) is 1.49. The summed E-state index contributed by atoms with van der Waals surface area (Å²) in [6, 6.07) is 5.87. The second kappa shape index (κ2) is 7.38. The van der Waals surface area contributed by atoms with E-state index in [-0.39, 0.29) is 12.5 Å². The van der Waals surface area contributed by atoms with E-state index < -0.39 is 18.0 Å². The minimum atomic E-state index is -0.617. The average molecular weight is 267 g/mol. The van der Waals surface area contributed by atoms with Crippen LogP contribution in [0.15, 0.2) is 24.3 Å². The first kappa shape index (κ1) is 15.0. The van der Waals surface area contributed by atoms with Crippen LogP contribution in [0.25, 0.3) is 0 Å². The summed E-state index contributed by atoms with van der Waals surface area (Å²) in [5, 5.41) is 12.0. The summed E-state index contributed by atoms with van der Waals surface area (Å²) in [7, 11) is 1.29. The average Bonchev–Trinajstić information content (AvgIpc) is 2.38. The van der Waals surface area contributed by atoms with E-state index in [0.29, 0.717) is 6.42 Å². The number of nitrogens with one attached hydrogen (secondary N) is 1. The maximum atomic E-state index is 11.6. The van der Waals surface area contributed by atoms with Crippen LogP contribution >= 0.6 is 0 Å². The maximum absolute atomic E-state index is 11.6. The first-order valence-electron chi connectivity index (χ1n) is 5.75. The van der Waals surface area contributed by atoms with E-state index >= 15 is 0 Å². The molecule has 0 saturated carbocycles. The molecule has 0 aliphatic carbocycles. The summed E-state index contributed by atoms with van der Waals surface area (Å²) in [5.41, 5.74) is 0.850. The summed E-state index contributed by atoms with van der Waals surface area (Å²) >= 11 is 0. The number of carbonyl (C=O) groups excluding carboxylic acids is 2. The first-order valence-corrected chi connectivity index (χ1v) is 5.75. The highest BCUT2D eigenvalue weighted by Gasteiger charge is 2.19. The Morgan fingerprint density at radius 3 is 2.47 bits per heavy atom. The van der Waals surface area contributed by atoms with Crippen molar-refractivity contribution in [2.24, 2.45) is 0 Å². The van der Waals surface area contributed by atoms with Gasteiger partial charge >= 0.3 is 11.9 Å². The van der Waals surface area contributed by atoms with Crippen LogP contribution in [-0.4, -0.2) is 36.9 Å². The molecule has 0 bridgehead atoms. The molecule has 1 atom stereocenters. The lowest BCUT2D eigenvalue weighted by molar-refractivity contribution is -0.147. The number of rotatable bonds is 6. The third kappa shape index (κ3) is 5.39. The molecule has 19 heavy (non-hydrogen) atoms. The smallest absolute Gasteiger partial charge is 0.323 e. The fourth-order valence-corrected chi connectivity index (χ4v) is 1.49. The minimum Gasteiger partial charge on any atom is -0.508 e. The standard InChI is InChI=1S/C13H17NO5/c1-9(15)19-8-14-12(13(17)18-2)7-10-3-5-11(16)6-4-10/h3-6,12,14,16H,7-8H2,1-2H3/t12-/m0/s1. The van der Waals surface area contributed by atoms with Crippen molar-refractivity contribution in [2.75, 3.05) is 13.8 Å². The molecule has 1 aromatic carbocycles. The molecule has 0 unspecified atom stereocenters. The molecule has 1 aromatic rings.